The quantitative estimate of drug-likeness (QED) is 0.885. The van der Waals surface area contributed by atoms with Crippen molar-refractivity contribution in [3.05, 3.63) is 59.4 Å². The first kappa shape index (κ1) is 15.4. The SMILES string of the molecule is CCCNC(c1ccc(F)c(F)c1)c1ccncc1OC. The first-order valence-electron chi connectivity index (χ1n) is 6.83. The molecule has 0 amide bonds. The van der Waals surface area contributed by atoms with Crippen LogP contribution in [0.4, 0.5) is 8.78 Å². The molecule has 1 N–H and O–H groups in total. The molecule has 1 aromatic carbocycles. The van der Waals surface area contributed by atoms with Gasteiger partial charge in [-0.15, -0.1) is 0 Å². The van der Waals surface area contributed by atoms with Crippen LogP contribution in [0.25, 0.3) is 0 Å². The van der Waals surface area contributed by atoms with E-state index in [0.29, 0.717) is 11.3 Å². The fourth-order valence-electron chi connectivity index (χ4n) is 2.19. The molecule has 2 rings (SSSR count). The fourth-order valence-corrected chi connectivity index (χ4v) is 2.19. The van der Waals surface area contributed by atoms with Gasteiger partial charge in [0.1, 0.15) is 5.75 Å². The third-order valence-electron chi connectivity index (χ3n) is 3.22. The Morgan fingerprint density at radius 1 is 1.24 bits per heavy atom. The minimum absolute atomic E-state index is 0.280. The van der Waals surface area contributed by atoms with Crippen molar-refractivity contribution in [2.75, 3.05) is 13.7 Å². The number of hydrogen-bond donors (Lipinski definition) is 1. The Morgan fingerprint density at radius 3 is 2.71 bits per heavy atom. The fraction of sp³-hybridized carbons (Fsp3) is 0.312. The summed E-state index contributed by atoms with van der Waals surface area (Å²) in [6.07, 6.45) is 4.18. The molecule has 0 aliphatic carbocycles. The third kappa shape index (κ3) is 3.55. The van der Waals surface area contributed by atoms with Gasteiger partial charge in [-0.1, -0.05) is 13.0 Å². The van der Waals surface area contributed by atoms with E-state index in [1.54, 1.807) is 25.6 Å². The van der Waals surface area contributed by atoms with E-state index in [2.05, 4.69) is 10.3 Å². The van der Waals surface area contributed by atoms with Crippen molar-refractivity contribution in [1.82, 2.24) is 10.3 Å². The van der Waals surface area contributed by atoms with E-state index in [4.69, 9.17) is 4.74 Å². The molecule has 0 saturated heterocycles. The lowest BCUT2D eigenvalue weighted by Gasteiger charge is -2.21. The largest absolute Gasteiger partial charge is 0.495 e. The summed E-state index contributed by atoms with van der Waals surface area (Å²) in [7, 11) is 1.56. The van der Waals surface area contributed by atoms with E-state index in [1.807, 2.05) is 13.0 Å². The minimum atomic E-state index is -0.858. The van der Waals surface area contributed by atoms with Crippen LogP contribution in [0.1, 0.15) is 30.5 Å². The second-order valence-corrected chi connectivity index (χ2v) is 4.68. The number of nitrogens with zero attached hydrogens (tertiary/aromatic N) is 1. The molecule has 2 aromatic rings. The van der Waals surface area contributed by atoms with Crippen LogP contribution in [0.2, 0.25) is 0 Å². The lowest BCUT2D eigenvalue weighted by Crippen LogP contribution is -2.24. The zero-order chi connectivity index (χ0) is 15.2. The highest BCUT2D eigenvalue weighted by molar-refractivity contribution is 5.39. The number of rotatable bonds is 6. The maximum Gasteiger partial charge on any atom is 0.159 e. The molecule has 0 saturated carbocycles. The Balaban J connectivity index is 2.44. The van der Waals surface area contributed by atoms with Gasteiger partial charge in [-0.25, -0.2) is 8.78 Å². The molecule has 0 bridgehead atoms. The van der Waals surface area contributed by atoms with E-state index in [0.717, 1.165) is 24.6 Å². The van der Waals surface area contributed by atoms with Crippen LogP contribution < -0.4 is 10.1 Å². The molecule has 0 spiro atoms. The lowest BCUT2D eigenvalue weighted by atomic mass is 9.98. The Bertz CT molecular complexity index is 605. The van der Waals surface area contributed by atoms with Crippen LogP contribution in [0.3, 0.4) is 0 Å². The standard InChI is InChI=1S/C16H18F2N2O/c1-3-7-20-16(11-4-5-13(17)14(18)9-11)12-6-8-19-10-15(12)21-2/h4-6,8-10,16,20H,3,7H2,1-2H3. The summed E-state index contributed by atoms with van der Waals surface area (Å²) in [5, 5.41) is 3.33. The van der Waals surface area contributed by atoms with Gasteiger partial charge in [0.25, 0.3) is 0 Å². The van der Waals surface area contributed by atoms with E-state index in [1.165, 1.54) is 6.07 Å². The zero-order valence-corrected chi connectivity index (χ0v) is 12.1. The molecule has 112 valence electrons. The number of aromatic nitrogens is 1. The van der Waals surface area contributed by atoms with Crippen molar-refractivity contribution < 1.29 is 13.5 Å². The van der Waals surface area contributed by atoms with Gasteiger partial charge in [0.05, 0.1) is 19.3 Å². The van der Waals surface area contributed by atoms with Gasteiger partial charge < -0.3 is 10.1 Å². The van der Waals surface area contributed by atoms with E-state index in [9.17, 15) is 8.78 Å². The average molecular weight is 292 g/mol. The van der Waals surface area contributed by atoms with Crippen LogP contribution in [0, 0.1) is 11.6 Å². The second kappa shape index (κ2) is 7.13. The van der Waals surface area contributed by atoms with Crippen LogP contribution >= 0.6 is 0 Å². The van der Waals surface area contributed by atoms with Crippen molar-refractivity contribution in [2.24, 2.45) is 0 Å². The highest BCUT2D eigenvalue weighted by Crippen LogP contribution is 2.29. The maximum absolute atomic E-state index is 13.5. The number of hydrogen-bond acceptors (Lipinski definition) is 3. The molecule has 0 aliphatic heterocycles. The predicted molar refractivity (Wildman–Crippen MR) is 77.3 cm³/mol. The van der Waals surface area contributed by atoms with Gasteiger partial charge in [0.15, 0.2) is 11.6 Å². The van der Waals surface area contributed by atoms with Crippen LogP contribution in [0.5, 0.6) is 5.75 Å². The smallest absolute Gasteiger partial charge is 0.159 e. The van der Waals surface area contributed by atoms with E-state index < -0.39 is 11.6 Å². The van der Waals surface area contributed by atoms with Crippen molar-refractivity contribution in [3.8, 4) is 5.75 Å². The molecule has 0 radical (unpaired) electrons. The molecule has 3 nitrogen and oxygen atoms in total. The van der Waals surface area contributed by atoms with Gasteiger partial charge in [-0.2, -0.15) is 0 Å². The predicted octanol–water partition coefficient (Wildman–Crippen LogP) is 3.46. The molecule has 1 aromatic heterocycles. The van der Waals surface area contributed by atoms with Gasteiger partial charge in [-0.05, 0) is 36.7 Å². The number of pyridine rings is 1. The van der Waals surface area contributed by atoms with Crippen molar-refractivity contribution in [2.45, 2.75) is 19.4 Å². The van der Waals surface area contributed by atoms with Crippen LogP contribution in [-0.4, -0.2) is 18.6 Å². The van der Waals surface area contributed by atoms with Gasteiger partial charge in [0.2, 0.25) is 0 Å². The Labute approximate surface area is 123 Å². The summed E-state index contributed by atoms with van der Waals surface area (Å²) < 4.78 is 32.0. The minimum Gasteiger partial charge on any atom is -0.495 e. The number of halogens is 2. The highest BCUT2D eigenvalue weighted by atomic mass is 19.2. The van der Waals surface area contributed by atoms with Crippen molar-refractivity contribution in [1.29, 1.82) is 0 Å². The summed E-state index contributed by atoms with van der Waals surface area (Å²) in [6, 6.07) is 5.46. The number of ether oxygens (including phenoxy) is 1. The summed E-state index contributed by atoms with van der Waals surface area (Å²) in [5.41, 5.74) is 1.49. The Morgan fingerprint density at radius 2 is 2.05 bits per heavy atom. The van der Waals surface area contributed by atoms with Crippen LogP contribution in [0.15, 0.2) is 36.7 Å². The average Bonchev–Trinajstić information content (AvgIpc) is 2.51. The molecule has 0 fully saturated rings. The summed E-state index contributed by atoms with van der Waals surface area (Å²) in [4.78, 5) is 4.02. The summed E-state index contributed by atoms with van der Waals surface area (Å²) >= 11 is 0. The Hall–Kier alpha value is -2.01. The van der Waals surface area contributed by atoms with E-state index >= 15 is 0 Å². The first-order chi connectivity index (χ1) is 10.2. The third-order valence-corrected chi connectivity index (χ3v) is 3.22. The Kier molecular flexibility index (Phi) is 5.22. The molecule has 1 atom stereocenters. The van der Waals surface area contributed by atoms with Gasteiger partial charge >= 0.3 is 0 Å². The molecule has 1 unspecified atom stereocenters. The highest BCUT2D eigenvalue weighted by Gasteiger charge is 2.19. The van der Waals surface area contributed by atoms with Crippen LogP contribution in [-0.2, 0) is 0 Å². The zero-order valence-electron chi connectivity index (χ0n) is 12.1. The number of benzene rings is 1. The number of methoxy groups -OCH3 is 1. The molecule has 5 heteroatoms. The number of nitrogens with one attached hydrogen (secondary N) is 1. The molecule has 1 heterocycles. The summed E-state index contributed by atoms with van der Waals surface area (Å²) in [5.74, 6) is -1.10. The normalized spacial score (nSPS) is 12.2. The van der Waals surface area contributed by atoms with Gasteiger partial charge in [-0.3, -0.25) is 4.98 Å². The molecule has 21 heavy (non-hydrogen) atoms. The van der Waals surface area contributed by atoms with E-state index in [-0.39, 0.29) is 6.04 Å². The molecular formula is C16H18F2N2O. The first-order valence-corrected chi connectivity index (χ1v) is 6.83. The van der Waals surface area contributed by atoms with Gasteiger partial charge in [0, 0.05) is 11.8 Å². The maximum atomic E-state index is 13.5. The summed E-state index contributed by atoms with van der Waals surface area (Å²) in [6.45, 7) is 2.79. The topological polar surface area (TPSA) is 34.2 Å². The molecule has 0 aliphatic rings. The molecular weight excluding hydrogens is 274 g/mol. The van der Waals surface area contributed by atoms with Crippen molar-refractivity contribution >= 4 is 0 Å². The second-order valence-electron chi connectivity index (χ2n) is 4.68. The van der Waals surface area contributed by atoms with Crippen molar-refractivity contribution in [3.63, 3.8) is 0 Å². The monoisotopic (exact) mass is 292 g/mol. The lowest BCUT2D eigenvalue weighted by molar-refractivity contribution is 0.401.